The van der Waals surface area contributed by atoms with Crippen LogP contribution in [0.4, 0.5) is 16.2 Å². The maximum absolute atomic E-state index is 12.8. The molecule has 9 heteroatoms. The first-order valence-electron chi connectivity index (χ1n) is 9.57. The number of rotatable bonds is 6. The topological polar surface area (TPSA) is 89.6 Å². The number of benzene rings is 2. The van der Waals surface area contributed by atoms with Gasteiger partial charge in [-0.3, -0.25) is 9.69 Å². The van der Waals surface area contributed by atoms with Crippen molar-refractivity contribution in [2.24, 2.45) is 0 Å². The summed E-state index contributed by atoms with van der Waals surface area (Å²) < 4.78 is 21.6. The first-order valence-corrected chi connectivity index (χ1v) is 9.57. The molecule has 0 bridgehead atoms. The van der Waals surface area contributed by atoms with Gasteiger partial charge >= 0.3 is 6.03 Å². The van der Waals surface area contributed by atoms with Gasteiger partial charge < -0.3 is 29.2 Å². The molecule has 0 aliphatic carbocycles. The lowest BCUT2D eigenvalue weighted by atomic mass is 10.2. The molecule has 2 aliphatic heterocycles. The molecular weight excluding hydrogens is 390 g/mol. The van der Waals surface area contributed by atoms with E-state index in [0.29, 0.717) is 60.7 Å². The van der Waals surface area contributed by atoms with E-state index < -0.39 is 0 Å². The van der Waals surface area contributed by atoms with Crippen molar-refractivity contribution in [1.82, 2.24) is 4.90 Å². The number of nitrogens with one attached hydrogen (secondary N) is 1. The molecule has 0 saturated carbocycles. The van der Waals surface area contributed by atoms with Crippen molar-refractivity contribution >= 4 is 23.3 Å². The molecule has 3 amide bonds. The van der Waals surface area contributed by atoms with Gasteiger partial charge in [0, 0.05) is 36.6 Å². The second-order valence-corrected chi connectivity index (χ2v) is 6.80. The Morgan fingerprint density at radius 3 is 2.53 bits per heavy atom. The molecule has 0 spiro atoms. The number of hydrogen-bond donors (Lipinski definition) is 1. The highest BCUT2D eigenvalue weighted by molar-refractivity contribution is 5.99. The Kier molecular flexibility index (Phi) is 5.51. The number of amides is 3. The lowest BCUT2D eigenvalue weighted by Gasteiger charge is -2.20. The molecule has 1 N–H and O–H groups in total. The Morgan fingerprint density at radius 2 is 1.77 bits per heavy atom. The van der Waals surface area contributed by atoms with Crippen LogP contribution in [-0.2, 0) is 4.79 Å². The molecule has 0 radical (unpaired) electrons. The second-order valence-electron chi connectivity index (χ2n) is 6.80. The zero-order valence-corrected chi connectivity index (χ0v) is 16.8. The van der Waals surface area contributed by atoms with Crippen molar-refractivity contribution in [3.8, 4) is 23.0 Å². The summed E-state index contributed by atoms with van der Waals surface area (Å²) in [6.07, 6.45) is 0. The van der Waals surface area contributed by atoms with E-state index in [1.54, 1.807) is 55.5 Å². The number of urea groups is 1. The number of carbonyl (C=O) groups excluding carboxylic acids is 2. The number of methoxy groups -OCH3 is 2. The zero-order chi connectivity index (χ0) is 21.1. The minimum absolute atomic E-state index is 0.0446. The number of fused-ring (bicyclic) bond motifs is 1. The van der Waals surface area contributed by atoms with Crippen LogP contribution in [0.25, 0.3) is 0 Å². The molecule has 2 aliphatic rings. The maximum atomic E-state index is 12.8. The average molecular weight is 413 g/mol. The Balaban J connectivity index is 1.39. The quantitative estimate of drug-likeness (QED) is 0.782. The second kappa shape index (κ2) is 8.40. The number of carbonyl (C=O) groups is 2. The van der Waals surface area contributed by atoms with Gasteiger partial charge in [-0.25, -0.2) is 4.79 Å². The molecule has 0 atom stereocenters. The monoisotopic (exact) mass is 413 g/mol. The predicted molar refractivity (Wildman–Crippen MR) is 110 cm³/mol. The first kappa shape index (κ1) is 19.7. The van der Waals surface area contributed by atoms with Crippen molar-refractivity contribution < 1.29 is 28.5 Å². The number of nitrogens with zero attached hydrogens (tertiary/aromatic N) is 2. The third-order valence-electron chi connectivity index (χ3n) is 4.93. The third kappa shape index (κ3) is 3.91. The van der Waals surface area contributed by atoms with E-state index in [0.717, 1.165) is 0 Å². The van der Waals surface area contributed by atoms with Gasteiger partial charge in [0.05, 0.1) is 14.2 Å². The van der Waals surface area contributed by atoms with Crippen LogP contribution in [0.5, 0.6) is 23.0 Å². The highest BCUT2D eigenvalue weighted by Gasteiger charge is 2.31. The van der Waals surface area contributed by atoms with Crippen LogP contribution in [-0.4, -0.2) is 63.9 Å². The molecule has 1 saturated heterocycles. The summed E-state index contributed by atoms with van der Waals surface area (Å²) in [4.78, 5) is 28.4. The van der Waals surface area contributed by atoms with Crippen molar-refractivity contribution in [2.75, 3.05) is 57.3 Å². The molecule has 4 rings (SSSR count). The summed E-state index contributed by atoms with van der Waals surface area (Å²) in [5, 5.41) is 2.80. The smallest absolute Gasteiger partial charge is 0.325 e. The van der Waals surface area contributed by atoms with Gasteiger partial charge in [-0.2, -0.15) is 0 Å². The zero-order valence-electron chi connectivity index (χ0n) is 16.8. The predicted octanol–water partition coefficient (Wildman–Crippen LogP) is 2.36. The standard InChI is InChI=1S/C21H23N3O6/c1-27-16-6-4-15(12-18(16)28-2)24-8-7-23(21(24)26)13-20(25)22-14-3-5-17-19(11-14)30-10-9-29-17/h3-6,11-12H,7-10,13H2,1-2H3,(H,22,25). The lowest BCUT2D eigenvalue weighted by Crippen LogP contribution is -2.37. The first-order chi connectivity index (χ1) is 14.6. The minimum atomic E-state index is -0.283. The van der Waals surface area contributed by atoms with Crippen LogP contribution in [0.15, 0.2) is 36.4 Å². The van der Waals surface area contributed by atoms with Gasteiger partial charge in [0.25, 0.3) is 0 Å². The summed E-state index contributed by atoms with van der Waals surface area (Å²) in [6.45, 7) is 1.86. The Morgan fingerprint density at radius 1 is 1.00 bits per heavy atom. The fraction of sp³-hybridized carbons (Fsp3) is 0.333. The fourth-order valence-electron chi connectivity index (χ4n) is 3.46. The minimum Gasteiger partial charge on any atom is -0.493 e. The normalized spacial score (nSPS) is 15.2. The molecule has 30 heavy (non-hydrogen) atoms. The van der Waals surface area contributed by atoms with Crippen molar-refractivity contribution in [1.29, 1.82) is 0 Å². The van der Waals surface area contributed by atoms with Gasteiger partial charge in [0.1, 0.15) is 19.8 Å². The number of ether oxygens (including phenoxy) is 4. The van der Waals surface area contributed by atoms with Crippen LogP contribution in [0.3, 0.4) is 0 Å². The van der Waals surface area contributed by atoms with Crippen molar-refractivity contribution in [3.05, 3.63) is 36.4 Å². The molecule has 9 nitrogen and oxygen atoms in total. The molecule has 2 aromatic rings. The van der Waals surface area contributed by atoms with Crippen LogP contribution in [0.2, 0.25) is 0 Å². The summed E-state index contributed by atoms with van der Waals surface area (Å²) in [7, 11) is 3.10. The Hall–Kier alpha value is -3.62. The molecular formula is C21H23N3O6. The van der Waals surface area contributed by atoms with Gasteiger partial charge in [-0.05, 0) is 24.3 Å². The van der Waals surface area contributed by atoms with E-state index >= 15 is 0 Å². The van der Waals surface area contributed by atoms with E-state index in [-0.39, 0.29) is 18.5 Å². The van der Waals surface area contributed by atoms with E-state index in [9.17, 15) is 9.59 Å². The molecule has 2 heterocycles. The number of anilines is 2. The lowest BCUT2D eigenvalue weighted by molar-refractivity contribution is -0.116. The average Bonchev–Trinajstić information content (AvgIpc) is 3.13. The molecule has 158 valence electrons. The summed E-state index contributed by atoms with van der Waals surface area (Å²) in [5.41, 5.74) is 1.28. The summed E-state index contributed by atoms with van der Waals surface area (Å²) in [6, 6.07) is 10.3. The highest BCUT2D eigenvalue weighted by atomic mass is 16.6. The third-order valence-corrected chi connectivity index (χ3v) is 4.93. The number of hydrogen-bond acceptors (Lipinski definition) is 6. The Bertz CT molecular complexity index is 964. The van der Waals surface area contributed by atoms with Crippen LogP contribution < -0.4 is 29.2 Å². The molecule has 0 aromatic heterocycles. The largest absolute Gasteiger partial charge is 0.493 e. The van der Waals surface area contributed by atoms with Gasteiger partial charge in [-0.15, -0.1) is 0 Å². The highest BCUT2D eigenvalue weighted by Crippen LogP contribution is 2.34. The van der Waals surface area contributed by atoms with Crippen molar-refractivity contribution in [3.63, 3.8) is 0 Å². The molecule has 1 fully saturated rings. The summed E-state index contributed by atoms with van der Waals surface area (Å²) in [5.74, 6) is 2.09. The molecule has 0 unspecified atom stereocenters. The Labute approximate surface area is 174 Å². The maximum Gasteiger partial charge on any atom is 0.325 e. The van der Waals surface area contributed by atoms with Crippen molar-refractivity contribution in [2.45, 2.75) is 0 Å². The fourth-order valence-corrected chi connectivity index (χ4v) is 3.46. The van der Waals surface area contributed by atoms with Crippen LogP contribution >= 0.6 is 0 Å². The van der Waals surface area contributed by atoms with E-state index in [4.69, 9.17) is 18.9 Å². The van der Waals surface area contributed by atoms with Crippen LogP contribution in [0.1, 0.15) is 0 Å². The molecule has 2 aromatic carbocycles. The SMILES string of the molecule is COc1ccc(N2CCN(CC(=O)Nc3ccc4c(c3)OCCO4)C2=O)cc1OC. The van der Waals surface area contributed by atoms with E-state index in [2.05, 4.69) is 5.32 Å². The van der Waals surface area contributed by atoms with E-state index in [1.807, 2.05) is 0 Å². The van der Waals surface area contributed by atoms with E-state index in [1.165, 1.54) is 4.90 Å². The van der Waals surface area contributed by atoms with Gasteiger partial charge in [0.2, 0.25) is 5.91 Å². The summed E-state index contributed by atoms with van der Waals surface area (Å²) >= 11 is 0. The van der Waals surface area contributed by atoms with Crippen LogP contribution in [0, 0.1) is 0 Å². The van der Waals surface area contributed by atoms with Gasteiger partial charge in [-0.1, -0.05) is 0 Å². The van der Waals surface area contributed by atoms with Gasteiger partial charge in [0.15, 0.2) is 23.0 Å².